The van der Waals surface area contributed by atoms with Crippen LogP contribution in [0, 0.1) is 0 Å². The molecule has 2 heterocycles. The zero-order chi connectivity index (χ0) is 21.8. The fourth-order valence-electron chi connectivity index (χ4n) is 3.31. The second-order valence-corrected chi connectivity index (χ2v) is 8.36. The van der Waals surface area contributed by atoms with Crippen molar-refractivity contribution < 1.29 is 18.7 Å². The van der Waals surface area contributed by atoms with Gasteiger partial charge in [-0.15, -0.1) is 0 Å². The van der Waals surface area contributed by atoms with Crippen molar-refractivity contribution in [3.63, 3.8) is 0 Å². The van der Waals surface area contributed by atoms with E-state index in [9.17, 15) is 9.59 Å². The molecule has 0 spiro atoms. The van der Waals surface area contributed by atoms with Crippen molar-refractivity contribution in [2.75, 3.05) is 55.3 Å². The molecule has 11 heteroatoms. The normalized spacial score (nSPS) is 16.3. The average molecular weight is 493 g/mol. The molecule has 1 saturated heterocycles. The maximum atomic E-state index is 12.3. The van der Waals surface area contributed by atoms with Gasteiger partial charge < -0.3 is 35.3 Å². The molecule has 2 fully saturated rings. The fraction of sp³-hybridized carbons (Fsp3) is 0.450. The van der Waals surface area contributed by atoms with Gasteiger partial charge in [0.1, 0.15) is 12.9 Å². The third-order valence-corrected chi connectivity index (χ3v) is 5.89. The second kappa shape index (κ2) is 9.56. The van der Waals surface area contributed by atoms with Crippen LogP contribution < -0.4 is 21.3 Å². The number of hydrogen-bond acceptors (Lipinski definition) is 8. The molecule has 0 radical (unpaired) electrons. The van der Waals surface area contributed by atoms with Crippen molar-refractivity contribution in [2.24, 2.45) is 0 Å². The molecule has 2 aliphatic rings. The van der Waals surface area contributed by atoms with Crippen molar-refractivity contribution in [1.29, 1.82) is 0 Å². The number of carbonyl (C=O) groups is 2. The van der Waals surface area contributed by atoms with Gasteiger partial charge in [0.15, 0.2) is 5.69 Å². The first-order valence-electron chi connectivity index (χ1n) is 10.2. The number of halogens is 1. The Bertz CT molecular complexity index is 940. The largest absolute Gasteiger partial charge is 0.448 e. The lowest BCUT2D eigenvalue weighted by Gasteiger charge is -2.35. The number of ether oxygens (including phenoxy) is 1. The first-order chi connectivity index (χ1) is 15.0. The molecule has 1 saturated carbocycles. The summed E-state index contributed by atoms with van der Waals surface area (Å²) in [5, 5.41) is 6.13. The predicted molar refractivity (Wildman–Crippen MR) is 119 cm³/mol. The molecule has 0 unspecified atom stereocenters. The number of oxazole rings is 1. The summed E-state index contributed by atoms with van der Waals surface area (Å²) in [7, 11) is 0. The number of carbonyl (C=O) groups excluding carboxylic acids is 2. The second-order valence-electron chi connectivity index (χ2n) is 7.51. The lowest BCUT2D eigenvalue weighted by atomic mass is 10.2. The van der Waals surface area contributed by atoms with Gasteiger partial charge in [0.25, 0.3) is 11.9 Å². The summed E-state index contributed by atoms with van der Waals surface area (Å²) >= 11 is 3.46. The Balaban J connectivity index is 1.29. The van der Waals surface area contributed by atoms with Gasteiger partial charge in [-0.1, -0.05) is 0 Å². The first kappa shape index (κ1) is 21.4. The molecular formula is C20H25BrN6O4. The highest BCUT2D eigenvalue weighted by molar-refractivity contribution is 9.10. The number of aromatic nitrogens is 1. The van der Waals surface area contributed by atoms with Gasteiger partial charge in [0.2, 0.25) is 0 Å². The molecule has 1 aromatic heterocycles. The zero-order valence-corrected chi connectivity index (χ0v) is 18.6. The van der Waals surface area contributed by atoms with Gasteiger partial charge in [0.05, 0.1) is 5.69 Å². The lowest BCUT2D eigenvalue weighted by molar-refractivity contribution is 0.100. The predicted octanol–water partition coefficient (Wildman–Crippen LogP) is 2.28. The van der Waals surface area contributed by atoms with Crippen molar-refractivity contribution >= 4 is 45.3 Å². The molecular weight excluding hydrogens is 468 g/mol. The summed E-state index contributed by atoms with van der Waals surface area (Å²) in [5.74, 6) is -0.415. The van der Waals surface area contributed by atoms with Crippen molar-refractivity contribution in [3.05, 3.63) is 34.6 Å². The number of nitrogens with one attached hydrogen (secondary N) is 2. The summed E-state index contributed by atoms with van der Waals surface area (Å²) < 4.78 is 11.0. The van der Waals surface area contributed by atoms with E-state index in [0.29, 0.717) is 51.1 Å². The molecule has 10 nitrogen and oxygen atoms in total. The van der Waals surface area contributed by atoms with E-state index in [-0.39, 0.29) is 17.8 Å². The quantitative estimate of drug-likeness (QED) is 0.502. The topological polar surface area (TPSA) is 126 Å². The Morgan fingerprint density at radius 1 is 1.26 bits per heavy atom. The van der Waals surface area contributed by atoms with Crippen LogP contribution in [0.15, 0.2) is 33.4 Å². The van der Waals surface area contributed by atoms with E-state index in [4.69, 9.17) is 14.9 Å². The number of piperazine rings is 1. The maximum absolute atomic E-state index is 12.3. The first-order valence-corrected chi connectivity index (χ1v) is 11.0. The van der Waals surface area contributed by atoms with E-state index in [1.165, 1.54) is 19.1 Å². The zero-order valence-electron chi connectivity index (χ0n) is 17.0. The Morgan fingerprint density at radius 3 is 2.71 bits per heavy atom. The van der Waals surface area contributed by atoms with Gasteiger partial charge in [-0.3, -0.25) is 4.79 Å². The summed E-state index contributed by atoms with van der Waals surface area (Å²) in [6.45, 7) is 3.58. The van der Waals surface area contributed by atoms with Gasteiger partial charge >= 0.3 is 6.09 Å². The van der Waals surface area contributed by atoms with Gasteiger partial charge in [-0.25, -0.2) is 4.79 Å². The summed E-state index contributed by atoms with van der Waals surface area (Å²) in [6.07, 6.45) is 3.37. The molecule has 1 aromatic carbocycles. The van der Waals surface area contributed by atoms with Crippen LogP contribution in [0.2, 0.25) is 0 Å². The number of nitrogen functional groups attached to an aromatic ring is 1. The minimum absolute atomic E-state index is 0.0615. The Morgan fingerprint density at radius 2 is 2.03 bits per heavy atom. The van der Waals surface area contributed by atoms with Gasteiger partial charge in [0, 0.05) is 48.9 Å². The fourth-order valence-corrected chi connectivity index (χ4v) is 3.66. The molecule has 2 aromatic rings. The van der Waals surface area contributed by atoms with E-state index >= 15 is 0 Å². The number of benzene rings is 1. The molecule has 1 aliphatic carbocycles. The molecule has 2 amide bonds. The molecule has 0 bridgehead atoms. The third-order valence-electron chi connectivity index (χ3n) is 5.19. The molecule has 0 atom stereocenters. The molecule has 1 aliphatic heterocycles. The van der Waals surface area contributed by atoms with E-state index in [0.717, 1.165) is 10.2 Å². The van der Waals surface area contributed by atoms with E-state index in [1.54, 1.807) is 4.90 Å². The monoisotopic (exact) mass is 492 g/mol. The number of nitrogens with zero attached hydrogens (tertiary/aromatic N) is 3. The van der Waals surface area contributed by atoms with Crippen molar-refractivity contribution in [2.45, 2.75) is 18.9 Å². The summed E-state index contributed by atoms with van der Waals surface area (Å²) in [6, 6.07) is 6.26. The van der Waals surface area contributed by atoms with Crippen LogP contribution in [0.3, 0.4) is 0 Å². The number of nitrogens with two attached hydrogens (primary N) is 1. The number of rotatable bonds is 7. The van der Waals surface area contributed by atoms with Gasteiger partial charge in [-0.2, -0.15) is 4.98 Å². The number of anilines is 3. The molecule has 166 valence electrons. The van der Waals surface area contributed by atoms with Crippen LogP contribution in [0.5, 0.6) is 0 Å². The lowest BCUT2D eigenvalue weighted by Crippen LogP contribution is -2.49. The molecule has 4 N–H and O–H groups in total. The third kappa shape index (κ3) is 5.67. The van der Waals surface area contributed by atoms with Gasteiger partial charge in [-0.05, 0) is 47.0 Å². The molecule has 31 heavy (non-hydrogen) atoms. The Hall–Kier alpha value is -2.79. The van der Waals surface area contributed by atoms with Crippen LogP contribution in [0.25, 0.3) is 0 Å². The van der Waals surface area contributed by atoms with Crippen molar-refractivity contribution in [1.82, 2.24) is 15.2 Å². The van der Waals surface area contributed by atoms with Crippen LogP contribution in [-0.2, 0) is 4.74 Å². The highest BCUT2D eigenvalue weighted by Crippen LogP contribution is 2.29. The highest BCUT2D eigenvalue weighted by Gasteiger charge is 2.24. The Labute approximate surface area is 188 Å². The van der Waals surface area contributed by atoms with E-state index < -0.39 is 5.91 Å². The SMILES string of the molecule is Nc1nc(C(=O)Nc2cc(N3CCN(C(=O)OCCNC4CC4)CC3)ccc2Br)co1. The average Bonchev–Trinajstić information content (AvgIpc) is 3.50. The summed E-state index contributed by atoms with van der Waals surface area (Å²) in [4.78, 5) is 32.3. The summed E-state index contributed by atoms with van der Waals surface area (Å²) in [5.41, 5.74) is 7.08. The highest BCUT2D eigenvalue weighted by atomic mass is 79.9. The smallest absolute Gasteiger partial charge is 0.409 e. The van der Waals surface area contributed by atoms with Crippen LogP contribution in [-0.4, -0.2) is 67.3 Å². The van der Waals surface area contributed by atoms with E-state index in [1.807, 2.05) is 18.2 Å². The number of hydrogen-bond donors (Lipinski definition) is 3. The minimum Gasteiger partial charge on any atom is -0.448 e. The van der Waals surface area contributed by atoms with Crippen LogP contribution in [0.1, 0.15) is 23.3 Å². The Kier molecular flexibility index (Phi) is 6.62. The molecule has 4 rings (SSSR count). The van der Waals surface area contributed by atoms with Crippen LogP contribution >= 0.6 is 15.9 Å². The number of amides is 2. The minimum atomic E-state index is -0.415. The van der Waals surface area contributed by atoms with Crippen LogP contribution in [0.4, 0.5) is 22.2 Å². The van der Waals surface area contributed by atoms with E-state index in [2.05, 4.69) is 36.4 Å². The standard InChI is InChI=1S/C20H25BrN6O4/c21-15-4-3-14(11-16(15)24-18(28)17-12-31-19(22)25-17)26-6-8-27(9-7-26)20(29)30-10-5-23-13-1-2-13/h3-4,11-13,23H,1-2,5-10H2,(H2,22,25)(H,24,28). The maximum Gasteiger partial charge on any atom is 0.409 e. The van der Waals surface area contributed by atoms with Crippen molar-refractivity contribution in [3.8, 4) is 0 Å².